The Morgan fingerprint density at radius 3 is 2.55 bits per heavy atom. The van der Waals surface area contributed by atoms with Crippen LogP contribution >= 0.6 is 11.6 Å². The maximum atomic E-state index is 13.3. The number of imide groups is 1. The summed E-state index contributed by atoms with van der Waals surface area (Å²) in [5.41, 5.74) is 3.19. The van der Waals surface area contributed by atoms with Gasteiger partial charge in [-0.1, -0.05) is 35.9 Å². The monoisotopic (exact) mass is 466 g/mol. The number of hydrogen-bond donors (Lipinski definition) is 1. The average molecular weight is 467 g/mol. The van der Waals surface area contributed by atoms with Crippen molar-refractivity contribution in [3.8, 4) is 0 Å². The molecule has 4 amide bonds. The number of aryl methyl sites for hydroxylation is 2. The standard InChI is InChI=1S/C25H27ClN4O3/c1-25(19-9-8-17-4-2-5-18(17)14-19)23(32)30(24(33)27-25)16-22(31)29-12-10-28(11-13-29)21-7-3-6-20(26)15-21/h3,6-9,14-15H,2,4-5,10-13,16H2,1H3,(H,27,33). The lowest BCUT2D eigenvalue weighted by atomic mass is 9.89. The van der Waals surface area contributed by atoms with Crippen LogP contribution < -0.4 is 10.2 Å². The third-order valence-electron chi connectivity index (χ3n) is 7.05. The summed E-state index contributed by atoms with van der Waals surface area (Å²) in [6, 6.07) is 13.1. The van der Waals surface area contributed by atoms with Crippen molar-refractivity contribution in [3.63, 3.8) is 0 Å². The zero-order chi connectivity index (χ0) is 23.2. The SMILES string of the molecule is CC1(c2ccc3c(c2)CCC3)NC(=O)N(CC(=O)N2CCN(c3cccc(Cl)c3)CC2)C1=O. The molecule has 5 rings (SSSR count). The molecule has 2 aliphatic heterocycles. The summed E-state index contributed by atoms with van der Waals surface area (Å²) in [6.45, 7) is 3.85. The summed E-state index contributed by atoms with van der Waals surface area (Å²) in [4.78, 5) is 43.9. The fraction of sp³-hybridized carbons (Fsp3) is 0.400. The van der Waals surface area contributed by atoms with Gasteiger partial charge in [0, 0.05) is 36.9 Å². The van der Waals surface area contributed by atoms with E-state index in [0.29, 0.717) is 31.2 Å². The molecular weight excluding hydrogens is 440 g/mol. The summed E-state index contributed by atoms with van der Waals surface area (Å²) >= 11 is 6.09. The molecule has 1 N–H and O–H groups in total. The van der Waals surface area contributed by atoms with Crippen molar-refractivity contribution >= 4 is 35.1 Å². The third-order valence-corrected chi connectivity index (χ3v) is 7.29. The molecule has 0 bridgehead atoms. The van der Waals surface area contributed by atoms with Crippen LogP contribution in [0, 0.1) is 0 Å². The summed E-state index contributed by atoms with van der Waals surface area (Å²) in [7, 11) is 0. The van der Waals surface area contributed by atoms with Gasteiger partial charge in [-0.15, -0.1) is 0 Å². The van der Waals surface area contributed by atoms with Crippen LogP contribution in [0.3, 0.4) is 0 Å². The van der Waals surface area contributed by atoms with Gasteiger partial charge in [0.15, 0.2) is 0 Å². The molecule has 2 fully saturated rings. The molecule has 0 aromatic heterocycles. The van der Waals surface area contributed by atoms with E-state index in [0.717, 1.165) is 35.4 Å². The van der Waals surface area contributed by atoms with Gasteiger partial charge in [-0.25, -0.2) is 4.79 Å². The Morgan fingerprint density at radius 1 is 1.03 bits per heavy atom. The van der Waals surface area contributed by atoms with Gasteiger partial charge in [0.25, 0.3) is 5.91 Å². The predicted molar refractivity (Wildman–Crippen MR) is 126 cm³/mol. The van der Waals surface area contributed by atoms with Gasteiger partial charge in [0.1, 0.15) is 12.1 Å². The summed E-state index contributed by atoms with van der Waals surface area (Å²) in [5, 5.41) is 3.50. The van der Waals surface area contributed by atoms with Crippen LogP contribution in [0.5, 0.6) is 0 Å². The Morgan fingerprint density at radius 2 is 1.79 bits per heavy atom. The minimum absolute atomic E-state index is 0.220. The number of nitrogens with zero attached hydrogens (tertiary/aromatic N) is 3. The number of piperazine rings is 1. The van der Waals surface area contributed by atoms with Gasteiger partial charge in [-0.2, -0.15) is 0 Å². The molecule has 0 spiro atoms. The van der Waals surface area contributed by atoms with E-state index in [9.17, 15) is 14.4 Å². The largest absolute Gasteiger partial charge is 0.368 e. The first kappa shape index (κ1) is 21.8. The van der Waals surface area contributed by atoms with E-state index in [-0.39, 0.29) is 18.4 Å². The first-order valence-electron chi connectivity index (χ1n) is 11.4. The molecule has 1 unspecified atom stereocenters. The van der Waals surface area contributed by atoms with Crippen molar-refractivity contribution < 1.29 is 14.4 Å². The molecule has 1 atom stereocenters. The second-order valence-electron chi connectivity index (χ2n) is 9.13. The number of carbonyl (C=O) groups is 3. The maximum absolute atomic E-state index is 13.3. The number of halogens is 1. The molecule has 8 heteroatoms. The first-order valence-corrected chi connectivity index (χ1v) is 11.8. The zero-order valence-electron chi connectivity index (χ0n) is 18.6. The van der Waals surface area contributed by atoms with E-state index in [4.69, 9.17) is 11.6 Å². The lowest BCUT2D eigenvalue weighted by molar-refractivity contribution is -0.139. The van der Waals surface area contributed by atoms with E-state index in [1.54, 1.807) is 11.8 Å². The van der Waals surface area contributed by atoms with Gasteiger partial charge >= 0.3 is 6.03 Å². The topological polar surface area (TPSA) is 73.0 Å². The van der Waals surface area contributed by atoms with Crippen LogP contribution in [-0.2, 0) is 28.0 Å². The van der Waals surface area contributed by atoms with Gasteiger partial charge in [0.2, 0.25) is 5.91 Å². The highest BCUT2D eigenvalue weighted by molar-refractivity contribution is 6.30. The number of benzene rings is 2. The molecule has 7 nitrogen and oxygen atoms in total. The Bertz CT molecular complexity index is 1130. The summed E-state index contributed by atoms with van der Waals surface area (Å²) in [5.74, 6) is -0.598. The number of rotatable bonds is 4. The van der Waals surface area contributed by atoms with Crippen LogP contribution in [0.15, 0.2) is 42.5 Å². The normalized spacial score (nSPS) is 22.5. The zero-order valence-corrected chi connectivity index (χ0v) is 19.4. The van der Waals surface area contributed by atoms with Crippen LogP contribution in [-0.4, -0.2) is 60.4 Å². The van der Waals surface area contributed by atoms with Crippen molar-refractivity contribution in [3.05, 3.63) is 64.2 Å². The molecule has 0 radical (unpaired) electrons. The Kier molecular flexibility index (Phi) is 5.52. The van der Waals surface area contributed by atoms with Crippen LogP contribution in [0.1, 0.15) is 30.0 Å². The highest BCUT2D eigenvalue weighted by Crippen LogP contribution is 2.32. The van der Waals surface area contributed by atoms with Crippen molar-refractivity contribution in [2.75, 3.05) is 37.6 Å². The predicted octanol–water partition coefficient (Wildman–Crippen LogP) is 2.94. The molecule has 33 heavy (non-hydrogen) atoms. The van der Waals surface area contributed by atoms with Gasteiger partial charge in [-0.3, -0.25) is 14.5 Å². The highest BCUT2D eigenvalue weighted by Gasteiger charge is 2.50. The molecule has 172 valence electrons. The fourth-order valence-corrected chi connectivity index (χ4v) is 5.23. The third kappa shape index (κ3) is 3.95. The molecule has 0 saturated carbocycles. The van der Waals surface area contributed by atoms with Gasteiger partial charge in [0.05, 0.1) is 0 Å². The average Bonchev–Trinajstić information content (AvgIpc) is 3.37. The summed E-state index contributed by atoms with van der Waals surface area (Å²) < 4.78 is 0. The lowest BCUT2D eigenvalue weighted by Crippen LogP contribution is -2.52. The number of amides is 4. The fourth-order valence-electron chi connectivity index (χ4n) is 5.04. The highest BCUT2D eigenvalue weighted by atomic mass is 35.5. The van der Waals surface area contributed by atoms with Gasteiger partial charge in [-0.05, 0) is 61.1 Å². The number of nitrogens with one attached hydrogen (secondary N) is 1. The number of urea groups is 1. The van der Waals surface area contributed by atoms with Crippen molar-refractivity contribution in [1.29, 1.82) is 0 Å². The van der Waals surface area contributed by atoms with E-state index in [1.165, 1.54) is 11.1 Å². The minimum atomic E-state index is -1.15. The molecule has 2 aromatic rings. The summed E-state index contributed by atoms with van der Waals surface area (Å²) in [6.07, 6.45) is 3.16. The number of hydrogen-bond acceptors (Lipinski definition) is 4. The van der Waals surface area contributed by atoms with Crippen LogP contribution in [0.4, 0.5) is 10.5 Å². The number of anilines is 1. The molecule has 1 aliphatic carbocycles. The van der Waals surface area contributed by atoms with E-state index >= 15 is 0 Å². The smallest absolute Gasteiger partial charge is 0.325 e. The Labute approximate surface area is 198 Å². The van der Waals surface area contributed by atoms with Crippen LogP contribution in [0.25, 0.3) is 0 Å². The maximum Gasteiger partial charge on any atom is 0.325 e. The molecule has 2 heterocycles. The molecule has 2 aromatic carbocycles. The quantitative estimate of drug-likeness (QED) is 0.703. The van der Waals surface area contributed by atoms with Crippen molar-refractivity contribution in [2.45, 2.75) is 31.7 Å². The second-order valence-corrected chi connectivity index (χ2v) is 9.57. The first-order chi connectivity index (χ1) is 15.8. The second kappa shape index (κ2) is 8.37. The van der Waals surface area contributed by atoms with Crippen molar-refractivity contribution in [1.82, 2.24) is 15.1 Å². The Hall–Kier alpha value is -3.06. The van der Waals surface area contributed by atoms with Crippen LogP contribution in [0.2, 0.25) is 5.02 Å². The van der Waals surface area contributed by atoms with E-state index in [1.807, 2.05) is 36.4 Å². The van der Waals surface area contributed by atoms with Gasteiger partial charge < -0.3 is 15.1 Å². The lowest BCUT2D eigenvalue weighted by Gasteiger charge is -2.36. The van der Waals surface area contributed by atoms with E-state index in [2.05, 4.69) is 16.3 Å². The molecule has 3 aliphatic rings. The molecular formula is C25H27ClN4O3. The number of carbonyl (C=O) groups excluding carboxylic acids is 3. The number of fused-ring (bicyclic) bond motifs is 1. The molecule has 2 saturated heterocycles. The minimum Gasteiger partial charge on any atom is -0.368 e. The Balaban J connectivity index is 1.24. The van der Waals surface area contributed by atoms with Crippen molar-refractivity contribution in [2.24, 2.45) is 0 Å². The van der Waals surface area contributed by atoms with E-state index < -0.39 is 11.6 Å².